The van der Waals surface area contributed by atoms with Crippen LogP contribution in [0.5, 0.6) is 0 Å². The van der Waals surface area contributed by atoms with E-state index in [-0.39, 0.29) is 0 Å². The molecule has 0 aliphatic carbocycles. The molecule has 9 aromatic carbocycles. The van der Waals surface area contributed by atoms with Gasteiger partial charge in [0.2, 0.25) is 0 Å². The molecule has 3 heteroatoms. The maximum Gasteiger partial charge on any atom is 0.160 e. The Morgan fingerprint density at radius 3 is 1.64 bits per heavy atom. The molecule has 2 heterocycles. The lowest BCUT2D eigenvalue weighted by molar-refractivity contribution is 0.669. The van der Waals surface area contributed by atoms with Crippen molar-refractivity contribution in [2.24, 2.45) is 0 Å². The number of aromatic nitrogens is 2. The van der Waals surface area contributed by atoms with Crippen LogP contribution in [-0.4, -0.2) is 9.97 Å². The molecule has 11 rings (SSSR count). The average molecular weight is 701 g/mol. The van der Waals surface area contributed by atoms with Crippen LogP contribution in [0.2, 0.25) is 0 Å². The molecule has 0 bridgehead atoms. The summed E-state index contributed by atoms with van der Waals surface area (Å²) < 4.78 is 6.16. The molecule has 0 saturated carbocycles. The molecule has 0 aliphatic rings. The molecule has 0 atom stereocenters. The van der Waals surface area contributed by atoms with Crippen molar-refractivity contribution in [1.29, 1.82) is 0 Å². The molecule has 0 saturated heterocycles. The van der Waals surface area contributed by atoms with E-state index < -0.39 is 0 Å². The zero-order chi connectivity index (χ0) is 36.3. The van der Waals surface area contributed by atoms with Crippen LogP contribution in [0.15, 0.2) is 199 Å². The maximum absolute atomic E-state index is 6.16. The molecule has 55 heavy (non-hydrogen) atoms. The molecular formula is C52H32N2O. The number of rotatable bonds is 5. The lowest BCUT2D eigenvalue weighted by Crippen LogP contribution is -1.96. The molecule has 0 radical (unpaired) electrons. The van der Waals surface area contributed by atoms with Crippen LogP contribution in [0, 0.1) is 0 Å². The number of para-hydroxylation sites is 1. The van der Waals surface area contributed by atoms with Gasteiger partial charge in [-0.3, -0.25) is 0 Å². The highest BCUT2D eigenvalue weighted by Gasteiger charge is 2.16. The molecule has 256 valence electrons. The van der Waals surface area contributed by atoms with E-state index >= 15 is 0 Å². The third kappa shape index (κ3) is 5.28. The Morgan fingerprint density at radius 1 is 0.291 bits per heavy atom. The fourth-order valence-corrected chi connectivity index (χ4v) is 8.24. The van der Waals surface area contributed by atoms with Gasteiger partial charge in [-0.2, -0.15) is 0 Å². The van der Waals surface area contributed by atoms with E-state index in [1.807, 2.05) is 36.4 Å². The van der Waals surface area contributed by atoms with Crippen LogP contribution in [-0.2, 0) is 0 Å². The highest BCUT2D eigenvalue weighted by Crippen LogP contribution is 2.43. The number of nitrogens with zero attached hydrogens (tertiary/aromatic N) is 2. The second kappa shape index (κ2) is 12.6. The minimum Gasteiger partial charge on any atom is -0.456 e. The van der Waals surface area contributed by atoms with E-state index in [2.05, 4.69) is 158 Å². The van der Waals surface area contributed by atoms with Gasteiger partial charge in [-0.15, -0.1) is 0 Å². The summed E-state index contributed by atoms with van der Waals surface area (Å²) in [6.45, 7) is 0. The summed E-state index contributed by atoms with van der Waals surface area (Å²) in [5.74, 6) is 0.709. The van der Waals surface area contributed by atoms with E-state index in [1.165, 1.54) is 49.0 Å². The van der Waals surface area contributed by atoms with Crippen molar-refractivity contribution < 1.29 is 4.42 Å². The number of hydrogen-bond donors (Lipinski definition) is 0. The van der Waals surface area contributed by atoms with Crippen LogP contribution in [0.4, 0.5) is 0 Å². The summed E-state index contributed by atoms with van der Waals surface area (Å²) in [6.07, 6.45) is 0. The van der Waals surface area contributed by atoms with Crippen molar-refractivity contribution in [2.75, 3.05) is 0 Å². The van der Waals surface area contributed by atoms with Crippen molar-refractivity contribution in [1.82, 2.24) is 9.97 Å². The lowest BCUT2D eigenvalue weighted by atomic mass is 9.88. The fraction of sp³-hybridized carbons (Fsp3) is 0. The van der Waals surface area contributed by atoms with Crippen molar-refractivity contribution in [3.63, 3.8) is 0 Å². The SMILES string of the molecule is c1ccc(-c2cc(-c3cccc(-c4cccc5c6ccccc6c6cc(-c7ccc8oc9ccccc9c8c7)ccc6c45)c3)nc(-c3ccccc3)n2)cc1. The van der Waals surface area contributed by atoms with Gasteiger partial charge < -0.3 is 4.42 Å². The average Bonchev–Trinajstić information content (AvgIpc) is 3.65. The van der Waals surface area contributed by atoms with Crippen molar-refractivity contribution in [3.05, 3.63) is 194 Å². The first kappa shape index (κ1) is 31.2. The normalized spacial score (nSPS) is 11.6. The molecule has 0 spiro atoms. The molecule has 0 aliphatic heterocycles. The zero-order valence-corrected chi connectivity index (χ0v) is 29.8. The van der Waals surface area contributed by atoms with Crippen molar-refractivity contribution >= 4 is 54.3 Å². The first-order chi connectivity index (χ1) is 27.2. The first-order valence-electron chi connectivity index (χ1n) is 18.6. The molecular weight excluding hydrogens is 669 g/mol. The summed E-state index contributed by atoms with van der Waals surface area (Å²) in [5, 5.41) is 9.71. The van der Waals surface area contributed by atoms with Crippen LogP contribution in [0.1, 0.15) is 0 Å². The van der Waals surface area contributed by atoms with Crippen LogP contribution in [0.25, 0.3) is 110 Å². The molecule has 2 aromatic heterocycles. The summed E-state index contributed by atoms with van der Waals surface area (Å²) in [5.41, 5.74) is 11.4. The molecule has 0 amide bonds. The van der Waals surface area contributed by atoms with Crippen LogP contribution >= 0.6 is 0 Å². The number of hydrogen-bond acceptors (Lipinski definition) is 3. The highest BCUT2D eigenvalue weighted by molar-refractivity contribution is 6.29. The van der Waals surface area contributed by atoms with Crippen LogP contribution in [0.3, 0.4) is 0 Å². The van der Waals surface area contributed by atoms with Gasteiger partial charge in [-0.25, -0.2) is 9.97 Å². The Morgan fingerprint density at radius 2 is 0.836 bits per heavy atom. The largest absolute Gasteiger partial charge is 0.456 e. The van der Waals surface area contributed by atoms with Gasteiger partial charge in [0, 0.05) is 27.5 Å². The highest BCUT2D eigenvalue weighted by atomic mass is 16.3. The second-order valence-electron chi connectivity index (χ2n) is 14.1. The Labute approximate surface area is 317 Å². The van der Waals surface area contributed by atoms with Crippen molar-refractivity contribution in [2.45, 2.75) is 0 Å². The quantitative estimate of drug-likeness (QED) is 0.168. The molecule has 11 aromatic rings. The third-order valence-corrected chi connectivity index (χ3v) is 10.9. The summed E-state index contributed by atoms with van der Waals surface area (Å²) in [7, 11) is 0. The van der Waals surface area contributed by atoms with E-state index in [4.69, 9.17) is 14.4 Å². The minimum absolute atomic E-state index is 0.709. The topological polar surface area (TPSA) is 38.9 Å². The third-order valence-electron chi connectivity index (χ3n) is 10.9. The predicted molar refractivity (Wildman–Crippen MR) is 229 cm³/mol. The van der Waals surface area contributed by atoms with Crippen LogP contribution < -0.4 is 0 Å². The van der Waals surface area contributed by atoms with Crippen molar-refractivity contribution in [3.8, 4) is 56.2 Å². The maximum atomic E-state index is 6.16. The van der Waals surface area contributed by atoms with E-state index in [9.17, 15) is 0 Å². The van der Waals surface area contributed by atoms with Gasteiger partial charge in [-0.1, -0.05) is 158 Å². The van der Waals surface area contributed by atoms with Gasteiger partial charge in [0.15, 0.2) is 5.82 Å². The second-order valence-corrected chi connectivity index (χ2v) is 14.1. The number of furan rings is 1. The lowest BCUT2D eigenvalue weighted by Gasteiger charge is -2.16. The predicted octanol–water partition coefficient (Wildman–Crippen LogP) is 14.2. The van der Waals surface area contributed by atoms with E-state index in [1.54, 1.807) is 0 Å². The van der Waals surface area contributed by atoms with Gasteiger partial charge in [0.1, 0.15) is 11.2 Å². The summed E-state index contributed by atoms with van der Waals surface area (Å²) in [6, 6.07) is 68.7. The van der Waals surface area contributed by atoms with Gasteiger partial charge in [0.25, 0.3) is 0 Å². The first-order valence-corrected chi connectivity index (χ1v) is 18.6. The molecule has 0 N–H and O–H groups in total. The Balaban J connectivity index is 1.10. The summed E-state index contributed by atoms with van der Waals surface area (Å²) in [4.78, 5) is 10.2. The Bertz CT molecular complexity index is 3200. The molecule has 0 unspecified atom stereocenters. The Hall–Kier alpha value is -7.36. The standard InChI is InChI=1S/C52H32N2O/c1-3-13-33(14-4-1)47-32-48(54-52(53-47)34-15-5-2-6-16-34)38-18-11-17-37(29-38)39-22-12-23-43-40-19-7-8-20-41(40)45-30-35(25-27-44(45)51(39)43)36-26-28-50-46(31-36)42-21-9-10-24-49(42)55-50/h1-32H. The smallest absolute Gasteiger partial charge is 0.160 e. The fourth-order valence-electron chi connectivity index (χ4n) is 8.24. The van der Waals surface area contributed by atoms with Gasteiger partial charge in [0.05, 0.1) is 11.4 Å². The molecule has 3 nitrogen and oxygen atoms in total. The molecule has 0 fully saturated rings. The van der Waals surface area contributed by atoms with Gasteiger partial charge >= 0.3 is 0 Å². The Kier molecular flexibility index (Phi) is 7.17. The zero-order valence-electron chi connectivity index (χ0n) is 29.8. The summed E-state index contributed by atoms with van der Waals surface area (Å²) >= 11 is 0. The monoisotopic (exact) mass is 700 g/mol. The van der Waals surface area contributed by atoms with E-state index in [0.717, 1.165) is 55.6 Å². The number of benzene rings is 9. The van der Waals surface area contributed by atoms with Gasteiger partial charge in [-0.05, 0) is 91.0 Å². The van der Waals surface area contributed by atoms with E-state index in [0.29, 0.717) is 5.82 Å². The minimum atomic E-state index is 0.709. The number of fused-ring (bicyclic) bond motifs is 9.